The van der Waals surface area contributed by atoms with Crippen molar-refractivity contribution in [3.05, 3.63) is 72.3 Å². The Labute approximate surface area is 129 Å². The van der Waals surface area contributed by atoms with E-state index in [1.165, 1.54) is 16.3 Å². The van der Waals surface area contributed by atoms with Crippen molar-refractivity contribution in [1.82, 2.24) is 0 Å². The zero-order valence-electron chi connectivity index (χ0n) is 11.8. The van der Waals surface area contributed by atoms with Crippen molar-refractivity contribution in [3.63, 3.8) is 0 Å². The highest BCUT2D eigenvalue weighted by atomic mass is 32.1. The predicted octanol–water partition coefficient (Wildman–Crippen LogP) is 4.96. The van der Waals surface area contributed by atoms with Gasteiger partial charge < -0.3 is 10.6 Å². The lowest BCUT2D eigenvalue weighted by Crippen LogP contribution is -2.18. The van der Waals surface area contributed by atoms with Crippen LogP contribution in [0.5, 0.6) is 0 Å². The fraction of sp³-hybridized carbons (Fsp3) is 0.0556. The van der Waals surface area contributed by atoms with Crippen LogP contribution in [0.4, 0.5) is 11.4 Å². The molecule has 0 saturated carbocycles. The number of benzene rings is 3. The van der Waals surface area contributed by atoms with Crippen molar-refractivity contribution in [2.45, 2.75) is 6.92 Å². The summed E-state index contributed by atoms with van der Waals surface area (Å²) in [5, 5.41) is 9.41. The lowest BCUT2D eigenvalue weighted by Gasteiger charge is -2.11. The molecule has 0 spiro atoms. The maximum atomic E-state index is 5.35. The molecule has 0 atom stereocenters. The summed E-state index contributed by atoms with van der Waals surface area (Å²) in [5.74, 6) is 0. The Hall–Kier alpha value is -2.39. The van der Waals surface area contributed by atoms with E-state index in [0.29, 0.717) is 5.11 Å². The summed E-state index contributed by atoms with van der Waals surface area (Å²) in [7, 11) is 0. The second-order valence-electron chi connectivity index (χ2n) is 5.01. The van der Waals surface area contributed by atoms with Gasteiger partial charge in [-0.25, -0.2) is 0 Å². The molecular weight excluding hydrogens is 276 g/mol. The van der Waals surface area contributed by atoms with Crippen molar-refractivity contribution < 1.29 is 0 Å². The third-order valence-corrected chi connectivity index (χ3v) is 3.52. The Morgan fingerprint density at radius 2 is 1.38 bits per heavy atom. The van der Waals surface area contributed by atoms with Crippen LogP contribution < -0.4 is 10.6 Å². The van der Waals surface area contributed by atoms with Gasteiger partial charge in [-0.1, -0.05) is 48.0 Å². The number of nitrogens with one attached hydrogen (secondary N) is 2. The molecule has 0 aromatic heterocycles. The standard InChI is InChI=1S/C18H16N2S/c1-13-6-9-16(10-7-13)19-18(21)20-17-11-8-14-4-2-3-5-15(14)12-17/h2-12H,1H3,(H2,19,20,21). The lowest BCUT2D eigenvalue weighted by atomic mass is 10.1. The van der Waals surface area contributed by atoms with Gasteiger partial charge in [0.15, 0.2) is 5.11 Å². The quantitative estimate of drug-likeness (QED) is 0.653. The molecule has 0 radical (unpaired) electrons. The van der Waals surface area contributed by atoms with Gasteiger partial charge in [-0.05, 0) is 54.2 Å². The molecule has 21 heavy (non-hydrogen) atoms. The molecule has 104 valence electrons. The van der Waals surface area contributed by atoms with Crippen LogP contribution in [0.15, 0.2) is 66.7 Å². The SMILES string of the molecule is Cc1ccc(NC(=S)Nc2ccc3ccccc3c2)cc1. The predicted molar refractivity (Wildman–Crippen MR) is 95.0 cm³/mol. The number of rotatable bonds is 2. The minimum absolute atomic E-state index is 0.592. The molecule has 0 aliphatic heterocycles. The van der Waals surface area contributed by atoms with E-state index >= 15 is 0 Å². The summed E-state index contributed by atoms with van der Waals surface area (Å²) in [6.07, 6.45) is 0. The van der Waals surface area contributed by atoms with Crippen LogP contribution in [0.3, 0.4) is 0 Å². The molecule has 3 rings (SSSR count). The van der Waals surface area contributed by atoms with Crippen LogP contribution in [0.2, 0.25) is 0 Å². The van der Waals surface area contributed by atoms with Crippen LogP contribution >= 0.6 is 12.2 Å². The molecule has 2 N–H and O–H groups in total. The number of anilines is 2. The van der Waals surface area contributed by atoms with E-state index in [0.717, 1.165) is 11.4 Å². The van der Waals surface area contributed by atoms with Crippen LogP contribution in [0, 0.1) is 6.92 Å². The van der Waals surface area contributed by atoms with Gasteiger partial charge in [0.05, 0.1) is 0 Å². The van der Waals surface area contributed by atoms with Gasteiger partial charge in [0.2, 0.25) is 0 Å². The highest BCUT2D eigenvalue weighted by Gasteiger charge is 2.00. The molecule has 0 unspecified atom stereocenters. The first-order valence-corrected chi connectivity index (χ1v) is 7.25. The van der Waals surface area contributed by atoms with E-state index < -0.39 is 0 Å². The lowest BCUT2D eigenvalue weighted by molar-refractivity contribution is 1.47. The summed E-state index contributed by atoms with van der Waals surface area (Å²) < 4.78 is 0. The fourth-order valence-electron chi connectivity index (χ4n) is 2.20. The number of aryl methyl sites for hydroxylation is 1. The first-order valence-electron chi connectivity index (χ1n) is 6.84. The largest absolute Gasteiger partial charge is 0.332 e. The molecule has 0 aliphatic rings. The molecule has 0 amide bonds. The number of fused-ring (bicyclic) bond motifs is 1. The molecule has 0 saturated heterocycles. The van der Waals surface area contributed by atoms with E-state index in [2.05, 4.69) is 54.0 Å². The minimum Gasteiger partial charge on any atom is -0.332 e. The third kappa shape index (κ3) is 3.38. The molecule has 3 aromatic carbocycles. The summed E-state index contributed by atoms with van der Waals surface area (Å²) in [5.41, 5.74) is 3.20. The van der Waals surface area contributed by atoms with Gasteiger partial charge in [-0.2, -0.15) is 0 Å². The molecule has 0 heterocycles. The van der Waals surface area contributed by atoms with Crippen molar-refractivity contribution in [1.29, 1.82) is 0 Å². The Morgan fingerprint density at radius 1 is 0.762 bits per heavy atom. The molecule has 0 aliphatic carbocycles. The van der Waals surface area contributed by atoms with Crippen LogP contribution in [0.25, 0.3) is 10.8 Å². The zero-order chi connectivity index (χ0) is 14.7. The Bertz CT molecular complexity index is 779. The van der Waals surface area contributed by atoms with Gasteiger partial charge in [0, 0.05) is 11.4 Å². The van der Waals surface area contributed by atoms with Gasteiger partial charge in [-0.15, -0.1) is 0 Å². The second-order valence-corrected chi connectivity index (χ2v) is 5.42. The molecular formula is C18H16N2S. The normalized spacial score (nSPS) is 10.3. The van der Waals surface area contributed by atoms with Gasteiger partial charge >= 0.3 is 0 Å². The monoisotopic (exact) mass is 292 g/mol. The van der Waals surface area contributed by atoms with Gasteiger partial charge in [0.25, 0.3) is 0 Å². The summed E-state index contributed by atoms with van der Waals surface area (Å²) >= 11 is 5.35. The molecule has 0 fully saturated rings. The van der Waals surface area contributed by atoms with Crippen molar-refractivity contribution in [3.8, 4) is 0 Å². The maximum absolute atomic E-state index is 5.35. The van der Waals surface area contributed by atoms with Crippen molar-refractivity contribution in [2.24, 2.45) is 0 Å². The summed E-state index contributed by atoms with van der Waals surface area (Å²) in [6.45, 7) is 2.06. The maximum Gasteiger partial charge on any atom is 0.175 e. The van der Waals surface area contributed by atoms with Gasteiger partial charge in [-0.3, -0.25) is 0 Å². The highest BCUT2D eigenvalue weighted by molar-refractivity contribution is 7.80. The molecule has 2 nitrogen and oxygen atoms in total. The van der Waals surface area contributed by atoms with E-state index in [9.17, 15) is 0 Å². The topological polar surface area (TPSA) is 24.1 Å². The average molecular weight is 292 g/mol. The molecule has 3 aromatic rings. The smallest absolute Gasteiger partial charge is 0.175 e. The zero-order valence-corrected chi connectivity index (χ0v) is 12.6. The van der Waals surface area contributed by atoms with Crippen molar-refractivity contribution in [2.75, 3.05) is 10.6 Å². The Kier molecular flexibility index (Phi) is 3.84. The minimum atomic E-state index is 0.592. The third-order valence-electron chi connectivity index (χ3n) is 3.32. The van der Waals surface area contributed by atoms with E-state index in [1.54, 1.807) is 0 Å². The molecule has 3 heteroatoms. The van der Waals surface area contributed by atoms with Crippen molar-refractivity contribution >= 4 is 39.5 Å². The number of hydrogen-bond acceptors (Lipinski definition) is 1. The average Bonchev–Trinajstić information content (AvgIpc) is 2.49. The Morgan fingerprint density at radius 3 is 2.14 bits per heavy atom. The van der Waals surface area contributed by atoms with E-state index in [1.807, 2.05) is 30.3 Å². The molecule has 0 bridgehead atoms. The van der Waals surface area contributed by atoms with E-state index in [-0.39, 0.29) is 0 Å². The Balaban J connectivity index is 1.72. The first-order chi connectivity index (χ1) is 10.2. The first kappa shape index (κ1) is 13.6. The van der Waals surface area contributed by atoms with Crippen LogP contribution in [-0.4, -0.2) is 5.11 Å². The van der Waals surface area contributed by atoms with Gasteiger partial charge in [0.1, 0.15) is 0 Å². The summed E-state index contributed by atoms with van der Waals surface area (Å²) in [4.78, 5) is 0. The van der Waals surface area contributed by atoms with Crippen LogP contribution in [-0.2, 0) is 0 Å². The number of hydrogen-bond donors (Lipinski definition) is 2. The number of thiocarbonyl (C=S) groups is 1. The highest BCUT2D eigenvalue weighted by Crippen LogP contribution is 2.19. The second kappa shape index (κ2) is 5.94. The van der Waals surface area contributed by atoms with E-state index in [4.69, 9.17) is 12.2 Å². The fourth-order valence-corrected chi connectivity index (χ4v) is 2.43. The van der Waals surface area contributed by atoms with Crippen LogP contribution in [0.1, 0.15) is 5.56 Å². The summed E-state index contributed by atoms with van der Waals surface area (Å²) in [6, 6.07) is 22.6.